The molecular formula is C23H32N4O3. The highest BCUT2D eigenvalue weighted by atomic mass is 16.2. The summed E-state index contributed by atoms with van der Waals surface area (Å²) in [6, 6.07) is 7.42. The van der Waals surface area contributed by atoms with E-state index in [0.29, 0.717) is 17.5 Å². The van der Waals surface area contributed by atoms with Crippen molar-refractivity contribution < 1.29 is 14.4 Å². The summed E-state index contributed by atoms with van der Waals surface area (Å²) in [5.41, 5.74) is 1.14. The van der Waals surface area contributed by atoms with Crippen LogP contribution in [0.5, 0.6) is 0 Å². The second kappa shape index (κ2) is 10.4. The van der Waals surface area contributed by atoms with Gasteiger partial charge in [-0.15, -0.1) is 0 Å². The molecule has 1 N–H and O–H groups in total. The Bertz CT molecular complexity index is 895. The first kappa shape index (κ1) is 22.0. The first-order valence-electron chi connectivity index (χ1n) is 11.0. The molecule has 1 aromatic heterocycles. The zero-order valence-electron chi connectivity index (χ0n) is 18.0. The molecule has 0 atom stereocenters. The quantitative estimate of drug-likeness (QED) is 0.369. The molecule has 0 bridgehead atoms. The van der Waals surface area contributed by atoms with Gasteiger partial charge in [-0.1, -0.05) is 32.0 Å². The summed E-state index contributed by atoms with van der Waals surface area (Å²) in [4.78, 5) is 42.0. The summed E-state index contributed by atoms with van der Waals surface area (Å²) >= 11 is 0. The monoisotopic (exact) mass is 412 g/mol. The van der Waals surface area contributed by atoms with E-state index in [0.717, 1.165) is 57.5 Å². The van der Waals surface area contributed by atoms with E-state index in [1.54, 1.807) is 10.8 Å². The number of benzene rings is 1. The lowest BCUT2D eigenvalue weighted by Crippen LogP contribution is -2.34. The lowest BCUT2D eigenvalue weighted by molar-refractivity contribution is -0.130. The van der Waals surface area contributed by atoms with E-state index in [1.165, 1.54) is 0 Å². The average Bonchev–Trinajstić information content (AvgIpc) is 3.42. The number of likely N-dealkylation sites (tertiary alicyclic amines) is 1. The molecule has 0 spiro atoms. The summed E-state index contributed by atoms with van der Waals surface area (Å²) < 4.78 is 1.79. The summed E-state index contributed by atoms with van der Waals surface area (Å²) in [5.74, 6) is -1.10. The standard InChI is InChI=1S/C23H32N4O3/c1-3-25(4-2)13-9-12-24-23(30)22(29)19-16-27(20-11-6-5-10-18(19)20)17-21(28)26-14-7-8-15-26/h5-6,10-11,16H,3-4,7-9,12-15,17H2,1-2H3,(H,24,30). The Hall–Kier alpha value is -2.67. The second-order valence-electron chi connectivity index (χ2n) is 7.74. The van der Waals surface area contributed by atoms with Crippen LogP contribution in [0.25, 0.3) is 10.9 Å². The number of carbonyl (C=O) groups excluding carboxylic acids is 3. The minimum absolute atomic E-state index is 0.0492. The molecule has 0 radical (unpaired) electrons. The van der Waals surface area contributed by atoms with Crippen molar-refractivity contribution in [1.29, 1.82) is 0 Å². The molecule has 1 fully saturated rings. The van der Waals surface area contributed by atoms with Gasteiger partial charge in [0.1, 0.15) is 6.54 Å². The molecule has 1 aromatic carbocycles. The van der Waals surface area contributed by atoms with Crippen molar-refractivity contribution in [3.63, 3.8) is 0 Å². The van der Waals surface area contributed by atoms with Gasteiger partial charge in [0, 0.05) is 36.7 Å². The topological polar surface area (TPSA) is 74.6 Å². The van der Waals surface area contributed by atoms with Gasteiger partial charge in [0.15, 0.2) is 0 Å². The molecule has 162 valence electrons. The van der Waals surface area contributed by atoms with E-state index in [2.05, 4.69) is 24.1 Å². The highest BCUT2D eigenvalue weighted by Gasteiger charge is 2.23. The molecule has 2 aromatic rings. The van der Waals surface area contributed by atoms with Crippen LogP contribution in [0.1, 0.15) is 43.5 Å². The predicted molar refractivity (Wildman–Crippen MR) is 117 cm³/mol. The third-order valence-corrected chi connectivity index (χ3v) is 5.83. The Morgan fingerprint density at radius 1 is 1.07 bits per heavy atom. The maximum Gasteiger partial charge on any atom is 0.292 e. The highest BCUT2D eigenvalue weighted by Crippen LogP contribution is 2.22. The lowest BCUT2D eigenvalue weighted by Gasteiger charge is -2.17. The number of hydrogen-bond donors (Lipinski definition) is 1. The number of amides is 2. The molecular weight excluding hydrogens is 380 g/mol. The molecule has 3 rings (SSSR count). The number of carbonyl (C=O) groups is 3. The van der Waals surface area contributed by atoms with Gasteiger partial charge in [0.05, 0.1) is 5.56 Å². The summed E-state index contributed by atoms with van der Waals surface area (Å²) in [6.07, 6.45) is 4.52. The highest BCUT2D eigenvalue weighted by molar-refractivity contribution is 6.45. The Kier molecular flexibility index (Phi) is 7.63. The fourth-order valence-electron chi connectivity index (χ4n) is 4.02. The molecule has 1 aliphatic heterocycles. The molecule has 7 heteroatoms. The normalized spacial score (nSPS) is 13.9. The van der Waals surface area contributed by atoms with Gasteiger partial charge in [0.2, 0.25) is 5.91 Å². The molecule has 2 heterocycles. The van der Waals surface area contributed by atoms with E-state index in [9.17, 15) is 14.4 Å². The van der Waals surface area contributed by atoms with Crippen LogP contribution < -0.4 is 5.32 Å². The maximum atomic E-state index is 12.8. The first-order valence-corrected chi connectivity index (χ1v) is 11.0. The van der Waals surface area contributed by atoms with Crippen LogP contribution in [0.15, 0.2) is 30.5 Å². The lowest BCUT2D eigenvalue weighted by atomic mass is 10.1. The minimum atomic E-state index is -0.594. The maximum absolute atomic E-state index is 12.8. The van der Waals surface area contributed by atoms with Gasteiger partial charge in [-0.05, 0) is 45.0 Å². The molecule has 0 saturated carbocycles. The Morgan fingerprint density at radius 3 is 2.47 bits per heavy atom. The molecule has 0 unspecified atom stereocenters. The number of nitrogens with zero attached hydrogens (tertiary/aromatic N) is 3. The van der Waals surface area contributed by atoms with Crippen LogP contribution >= 0.6 is 0 Å². The zero-order valence-corrected chi connectivity index (χ0v) is 18.0. The van der Waals surface area contributed by atoms with E-state index in [1.807, 2.05) is 29.2 Å². The molecule has 30 heavy (non-hydrogen) atoms. The molecule has 1 aliphatic rings. The number of rotatable bonds is 10. The van der Waals surface area contributed by atoms with Crippen molar-refractivity contribution >= 4 is 28.5 Å². The molecule has 0 aliphatic carbocycles. The van der Waals surface area contributed by atoms with Gasteiger partial charge in [-0.25, -0.2) is 0 Å². The van der Waals surface area contributed by atoms with Gasteiger partial charge < -0.3 is 19.7 Å². The van der Waals surface area contributed by atoms with Crippen LogP contribution in [0.2, 0.25) is 0 Å². The third kappa shape index (κ3) is 5.08. The largest absolute Gasteiger partial charge is 0.349 e. The fourth-order valence-corrected chi connectivity index (χ4v) is 4.02. The van der Waals surface area contributed by atoms with E-state index < -0.39 is 11.7 Å². The Balaban J connectivity index is 1.68. The van der Waals surface area contributed by atoms with Gasteiger partial charge in [-0.3, -0.25) is 14.4 Å². The van der Waals surface area contributed by atoms with Crippen LogP contribution in [-0.2, 0) is 16.1 Å². The van der Waals surface area contributed by atoms with Crippen molar-refractivity contribution in [2.45, 2.75) is 39.7 Å². The van der Waals surface area contributed by atoms with Crippen LogP contribution in [0.4, 0.5) is 0 Å². The van der Waals surface area contributed by atoms with Gasteiger partial charge >= 0.3 is 0 Å². The molecule has 2 amide bonds. The molecule has 1 saturated heterocycles. The van der Waals surface area contributed by atoms with Crippen molar-refractivity contribution in [2.75, 3.05) is 39.3 Å². The number of fused-ring (bicyclic) bond motifs is 1. The number of Topliss-reactive ketones (excluding diaryl/α,β-unsaturated/α-hetero) is 1. The van der Waals surface area contributed by atoms with Gasteiger partial charge in [0.25, 0.3) is 11.7 Å². The Morgan fingerprint density at radius 2 is 1.77 bits per heavy atom. The first-order chi connectivity index (χ1) is 14.5. The minimum Gasteiger partial charge on any atom is -0.349 e. The Labute approximate surface area is 178 Å². The van der Waals surface area contributed by atoms with Crippen LogP contribution in [0, 0.1) is 0 Å². The van der Waals surface area contributed by atoms with Crippen molar-refractivity contribution in [2.24, 2.45) is 0 Å². The second-order valence-corrected chi connectivity index (χ2v) is 7.74. The summed E-state index contributed by atoms with van der Waals surface area (Å²) in [7, 11) is 0. The molecule has 7 nitrogen and oxygen atoms in total. The number of hydrogen-bond acceptors (Lipinski definition) is 4. The van der Waals surface area contributed by atoms with E-state index in [-0.39, 0.29) is 12.5 Å². The third-order valence-electron chi connectivity index (χ3n) is 5.83. The average molecular weight is 413 g/mol. The zero-order chi connectivity index (χ0) is 21.5. The number of para-hydroxylation sites is 1. The van der Waals surface area contributed by atoms with Crippen LogP contribution in [0.3, 0.4) is 0 Å². The summed E-state index contributed by atoms with van der Waals surface area (Å²) in [5, 5.41) is 3.45. The van der Waals surface area contributed by atoms with E-state index >= 15 is 0 Å². The van der Waals surface area contributed by atoms with Crippen LogP contribution in [-0.4, -0.2) is 71.2 Å². The number of aromatic nitrogens is 1. The van der Waals surface area contributed by atoms with E-state index in [4.69, 9.17) is 0 Å². The number of nitrogens with one attached hydrogen (secondary N) is 1. The fraction of sp³-hybridized carbons (Fsp3) is 0.522. The smallest absolute Gasteiger partial charge is 0.292 e. The summed E-state index contributed by atoms with van der Waals surface area (Å²) in [6.45, 7) is 9.27. The number of ketones is 1. The van der Waals surface area contributed by atoms with Crippen molar-refractivity contribution in [3.05, 3.63) is 36.0 Å². The van der Waals surface area contributed by atoms with Gasteiger partial charge in [-0.2, -0.15) is 0 Å². The predicted octanol–water partition coefficient (Wildman–Crippen LogP) is 2.29. The van der Waals surface area contributed by atoms with Crippen molar-refractivity contribution in [1.82, 2.24) is 19.7 Å². The van der Waals surface area contributed by atoms with Crippen molar-refractivity contribution in [3.8, 4) is 0 Å². The SMILES string of the molecule is CCN(CC)CCCNC(=O)C(=O)c1cn(CC(=O)N2CCCC2)c2ccccc12.